The van der Waals surface area contributed by atoms with Gasteiger partial charge in [0, 0.05) is 34.1 Å². The summed E-state index contributed by atoms with van der Waals surface area (Å²) in [5.41, 5.74) is 24.1. The maximum absolute atomic E-state index is 2.69. The first-order valence-corrected chi connectivity index (χ1v) is 23.3. The monoisotopic (exact) mass is 820 g/mol. The van der Waals surface area contributed by atoms with Crippen LogP contribution in [0, 0.1) is 0 Å². The highest BCUT2D eigenvalue weighted by Gasteiger charge is 2.49. The Kier molecular flexibility index (Phi) is 8.49. The minimum absolute atomic E-state index is 0.0401. The van der Waals surface area contributed by atoms with Crippen LogP contribution in [0.3, 0.4) is 0 Å². The molecule has 0 fully saturated rings. The van der Waals surface area contributed by atoms with E-state index in [0.717, 1.165) is 12.8 Å². The highest BCUT2D eigenvalue weighted by molar-refractivity contribution is 7.00. The molecule has 0 bridgehead atoms. The Morgan fingerprint density at radius 2 is 0.889 bits per heavy atom. The molecule has 4 aliphatic rings. The van der Waals surface area contributed by atoms with Crippen molar-refractivity contribution in [1.29, 1.82) is 0 Å². The van der Waals surface area contributed by atoms with Gasteiger partial charge in [0.05, 0.1) is 0 Å². The molecule has 0 saturated heterocycles. The molecule has 7 aromatic carbocycles. The van der Waals surface area contributed by atoms with Crippen LogP contribution in [0.4, 0.5) is 34.1 Å². The van der Waals surface area contributed by atoms with E-state index in [1.807, 2.05) is 0 Å². The van der Waals surface area contributed by atoms with Crippen molar-refractivity contribution in [2.24, 2.45) is 0 Å². The molecule has 0 N–H and O–H groups in total. The zero-order valence-corrected chi connectivity index (χ0v) is 39.2. The molecular formula is C60H61BN2. The first-order valence-electron chi connectivity index (χ1n) is 23.3. The summed E-state index contributed by atoms with van der Waals surface area (Å²) in [7, 11) is 0. The Morgan fingerprint density at radius 1 is 0.397 bits per heavy atom. The third-order valence-corrected chi connectivity index (χ3v) is 15.3. The van der Waals surface area contributed by atoms with Crippen LogP contribution in [0.1, 0.15) is 117 Å². The van der Waals surface area contributed by atoms with Crippen LogP contribution < -0.4 is 26.2 Å². The fourth-order valence-electron chi connectivity index (χ4n) is 12.8. The van der Waals surface area contributed by atoms with Gasteiger partial charge in [-0.15, -0.1) is 0 Å². The van der Waals surface area contributed by atoms with Crippen LogP contribution in [0.25, 0.3) is 22.3 Å². The topological polar surface area (TPSA) is 6.48 Å². The normalized spacial score (nSPS) is 18.0. The summed E-state index contributed by atoms with van der Waals surface area (Å²) < 4.78 is 0. The lowest BCUT2D eigenvalue weighted by Crippen LogP contribution is -2.61. The van der Waals surface area contributed by atoms with Gasteiger partial charge in [-0.3, -0.25) is 0 Å². The molecule has 2 heterocycles. The second-order valence-electron chi connectivity index (χ2n) is 22.9. The second-order valence-corrected chi connectivity index (χ2v) is 22.9. The molecule has 0 spiro atoms. The number of hydrogen-bond donors (Lipinski definition) is 0. The Balaban J connectivity index is 1.26. The summed E-state index contributed by atoms with van der Waals surface area (Å²) in [6, 6.07) is 56.1. The molecule has 0 unspecified atom stereocenters. The van der Waals surface area contributed by atoms with Gasteiger partial charge in [0.25, 0.3) is 6.71 Å². The van der Waals surface area contributed by atoms with Gasteiger partial charge < -0.3 is 9.80 Å². The van der Waals surface area contributed by atoms with E-state index in [4.69, 9.17) is 0 Å². The van der Waals surface area contributed by atoms with Crippen LogP contribution in [-0.2, 0) is 27.1 Å². The van der Waals surface area contributed by atoms with Crippen molar-refractivity contribution >= 4 is 57.2 Å². The SMILES string of the molecule is CC(C)(C)c1cc2c3c(c1)N(c1ccc4c(c1)C(C)(C)CC4(C)C)c1cc4c(cc1B3c1ccc(-c3ccccc3)cc1N2c1cccc(-c2ccccc2)c1)C(C)(C)CC4(C)C. The van der Waals surface area contributed by atoms with Crippen molar-refractivity contribution in [1.82, 2.24) is 0 Å². The maximum Gasteiger partial charge on any atom is 0.252 e. The summed E-state index contributed by atoms with van der Waals surface area (Å²) in [4.78, 5) is 5.29. The molecule has 63 heavy (non-hydrogen) atoms. The zero-order chi connectivity index (χ0) is 44.0. The van der Waals surface area contributed by atoms with E-state index in [-0.39, 0.29) is 33.8 Å². The number of nitrogens with zero attached hydrogens (tertiary/aromatic N) is 2. The van der Waals surface area contributed by atoms with Crippen LogP contribution in [0.5, 0.6) is 0 Å². The summed E-state index contributed by atoms with van der Waals surface area (Å²) in [6.45, 7) is 26.8. The van der Waals surface area contributed by atoms with Crippen LogP contribution in [0.2, 0.25) is 0 Å². The molecule has 2 aliphatic heterocycles. The van der Waals surface area contributed by atoms with E-state index < -0.39 is 0 Å². The van der Waals surface area contributed by atoms with Gasteiger partial charge >= 0.3 is 0 Å². The molecule has 7 aromatic rings. The third kappa shape index (κ3) is 6.12. The average molecular weight is 821 g/mol. The molecule has 314 valence electrons. The van der Waals surface area contributed by atoms with Gasteiger partial charge in [0.1, 0.15) is 0 Å². The van der Waals surface area contributed by atoms with E-state index in [1.54, 1.807) is 0 Å². The van der Waals surface area contributed by atoms with E-state index in [9.17, 15) is 0 Å². The largest absolute Gasteiger partial charge is 0.311 e. The van der Waals surface area contributed by atoms with Crippen molar-refractivity contribution in [3.05, 3.63) is 173 Å². The lowest BCUT2D eigenvalue weighted by atomic mass is 9.33. The molecule has 2 nitrogen and oxygen atoms in total. The van der Waals surface area contributed by atoms with Gasteiger partial charge in [-0.25, -0.2) is 0 Å². The predicted octanol–water partition coefficient (Wildman–Crippen LogP) is 14.3. The number of fused-ring (bicyclic) bond motifs is 6. The fourth-order valence-corrected chi connectivity index (χ4v) is 12.8. The van der Waals surface area contributed by atoms with Gasteiger partial charge in [-0.2, -0.15) is 0 Å². The Labute approximate surface area is 377 Å². The molecule has 0 aromatic heterocycles. The van der Waals surface area contributed by atoms with Crippen LogP contribution in [-0.4, -0.2) is 6.71 Å². The smallest absolute Gasteiger partial charge is 0.252 e. The quantitative estimate of drug-likeness (QED) is 0.163. The Bertz CT molecular complexity index is 3000. The highest BCUT2D eigenvalue weighted by atomic mass is 15.2. The number of hydrogen-bond acceptors (Lipinski definition) is 2. The van der Waals surface area contributed by atoms with Gasteiger partial charge in [0.15, 0.2) is 0 Å². The van der Waals surface area contributed by atoms with E-state index >= 15 is 0 Å². The third-order valence-electron chi connectivity index (χ3n) is 15.3. The molecule has 0 radical (unpaired) electrons. The number of anilines is 6. The molecule has 2 aliphatic carbocycles. The van der Waals surface area contributed by atoms with Crippen molar-refractivity contribution in [2.45, 2.75) is 116 Å². The molecule has 3 heteroatoms. The van der Waals surface area contributed by atoms with Crippen LogP contribution >= 0.6 is 0 Å². The number of rotatable bonds is 4. The van der Waals surface area contributed by atoms with Crippen molar-refractivity contribution in [2.75, 3.05) is 9.80 Å². The minimum Gasteiger partial charge on any atom is -0.311 e. The lowest BCUT2D eigenvalue weighted by Gasteiger charge is -2.46. The summed E-state index contributed by atoms with van der Waals surface area (Å²) >= 11 is 0. The van der Waals surface area contributed by atoms with E-state index in [1.165, 1.54) is 101 Å². The first kappa shape index (κ1) is 40.0. The van der Waals surface area contributed by atoms with Crippen molar-refractivity contribution in [3.8, 4) is 22.3 Å². The Hall–Kier alpha value is -5.80. The second kappa shape index (κ2) is 13.4. The van der Waals surface area contributed by atoms with Crippen molar-refractivity contribution < 1.29 is 0 Å². The van der Waals surface area contributed by atoms with E-state index in [2.05, 4.69) is 232 Å². The summed E-state index contributed by atoms with van der Waals surface area (Å²) in [6.07, 6.45) is 2.27. The first-order chi connectivity index (χ1) is 29.8. The fraction of sp³-hybridized carbons (Fsp3) is 0.300. The number of benzene rings is 7. The van der Waals surface area contributed by atoms with Crippen LogP contribution in [0.15, 0.2) is 146 Å². The standard InChI is InChI=1S/C60H61BN2/c1-56(2,3)42-31-53-55-54(32-42)63(44-26-27-45-46(33-44)58(6,7)36-57(45,4)5)52-35-48-47(59(8,9)37-60(48,10)11)34-50(52)61(55)49-28-25-41(39-21-16-13-17-22-39)30-51(49)62(53)43-24-18-23-40(29-43)38-19-14-12-15-20-38/h12-35H,36-37H2,1-11H3. The zero-order valence-electron chi connectivity index (χ0n) is 39.2. The predicted molar refractivity (Wildman–Crippen MR) is 271 cm³/mol. The molecule has 0 saturated carbocycles. The molecule has 0 atom stereocenters. The lowest BCUT2D eigenvalue weighted by molar-refractivity contribution is 0.403. The average Bonchev–Trinajstić information content (AvgIpc) is 3.56. The molecule has 0 amide bonds. The molecule has 11 rings (SSSR count). The minimum atomic E-state index is -0.107. The summed E-state index contributed by atoms with van der Waals surface area (Å²) in [5.74, 6) is 0. The highest BCUT2D eigenvalue weighted by Crippen LogP contribution is 2.55. The Morgan fingerprint density at radius 3 is 1.48 bits per heavy atom. The maximum atomic E-state index is 2.69. The summed E-state index contributed by atoms with van der Waals surface area (Å²) in [5, 5.41) is 0. The van der Waals surface area contributed by atoms with E-state index in [0.29, 0.717) is 0 Å². The van der Waals surface area contributed by atoms with Gasteiger partial charge in [-0.05, 0) is 155 Å². The van der Waals surface area contributed by atoms with Gasteiger partial charge in [0.2, 0.25) is 0 Å². The van der Waals surface area contributed by atoms with Crippen molar-refractivity contribution in [3.63, 3.8) is 0 Å². The van der Waals surface area contributed by atoms with Gasteiger partial charge in [-0.1, -0.05) is 173 Å². The molecular weight excluding hydrogens is 759 g/mol.